The maximum absolute atomic E-state index is 10.6. The van der Waals surface area contributed by atoms with Crippen LogP contribution in [0.2, 0.25) is 0 Å². The van der Waals surface area contributed by atoms with E-state index >= 15 is 0 Å². The maximum Gasteiger partial charge on any atom is 0.320 e. The minimum absolute atomic E-state index is 0.250. The highest BCUT2D eigenvalue weighted by Crippen LogP contribution is 1.55. The highest BCUT2D eigenvalue weighted by molar-refractivity contribution is 5.68. The van der Waals surface area contributed by atoms with Crippen LogP contribution in [0.1, 0.15) is 0 Å². The minimum Gasteiger partial charge on any atom is -0.483 e. The van der Waals surface area contributed by atoms with Crippen LogP contribution in [0.15, 0.2) is 0 Å². The molecule has 0 atom stereocenters. The van der Waals surface area contributed by atoms with Crippen LogP contribution in [-0.2, 0) is 9.59 Å². The van der Waals surface area contributed by atoms with Gasteiger partial charge >= 0.3 is 5.97 Å². The topological polar surface area (TPSA) is 86.6 Å². The molecule has 0 radical (unpaired) electrons. The van der Waals surface area contributed by atoms with Gasteiger partial charge in [0.1, 0.15) is 6.54 Å². The Morgan fingerprint density at radius 3 is 2.11 bits per heavy atom. The summed E-state index contributed by atoms with van der Waals surface area (Å²) in [5.41, 5.74) is 0.968. The van der Waals surface area contributed by atoms with E-state index in [1.165, 1.54) is 0 Å². The Kier molecular flexibility index (Phi) is 11.9. The van der Waals surface area contributed by atoms with E-state index in [-0.39, 0.29) is 6.47 Å². The summed E-state index contributed by atoms with van der Waals surface area (Å²) in [7, 11) is 0. The zero-order chi connectivity index (χ0) is 7.70. The molecule has 54 valence electrons. The Morgan fingerprint density at radius 1 is 1.78 bits per heavy atom. The van der Waals surface area contributed by atoms with E-state index in [9.17, 15) is 9.28 Å². The highest BCUT2D eigenvalue weighted by Gasteiger charge is 1.88. The molecule has 0 unspecified atom stereocenters. The summed E-state index contributed by atoms with van der Waals surface area (Å²) >= 11 is 0. The van der Waals surface area contributed by atoms with Gasteiger partial charge in [-0.2, -0.15) is 0 Å². The molecule has 0 aromatic rings. The second-order valence-electron chi connectivity index (χ2n) is 0.810. The number of halogens is 1. The first kappa shape index (κ1) is 10.7. The summed E-state index contributed by atoms with van der Waals surface area (Å²) in [6.07, 6.45) is 0. The van der Waals surface area contributed by atoms with Crippen LogP contribution in [0, 0.1) is 0 Å². The van der Waals surface area contributed by atoms with E-state index in [0.29, 0.717) is 0 Å². The van der Waals surface area contributed by atoms with Crippen molar-refractivity contribution >= 4 is 12.4 Å². The molecular weight excluding hydrogens is 133 g/mol. The van der Waals surface area contributed by atoms with Gasteiger partial charge in [-0.05, 0) is 0 Å². The van der Waals surface area contributed by atoms with Crippen LogP contribution in [0.4, 0.5) is 4.48 Å². The lowest BCUT2D eigenvalue weighted by molar-refractivity contribution is -0.136. The fraction of sp³-hybridized carbons (Fsp3) is 0.333. The van der Waals surface area contributed by atoms with Crippen molar-refractivity contribution in [2.75, 3.05) is 6.54 Å². The van der Waals surface area contributed by atoms with Gasteiger partial charge in [-0.15, -0.1) is 10.0 Å². The van der Waals surface area contributed by atoms with Gasteiger partial charge in [-0.25, -0.2) is 0 Å². The molecule has 0 aromatic heterocycles. The van der Waals surface area contributed by atoms with E-state index in [2.05, 4.69) is 0 Å². The Hall–Kier alpha value is -1.17. The standard InChI is InChI=1S/C2H4FNO2.CH2O2/c3-4-1-2(5)6;2-1-3/h4H,1H2,(H,5,6);1H,(H,2,3). The van der Waals surface area contributed by atoms with Crippen molar-refractivity contribution < 1.29 is 24.3 Å². The average molecular weight is 139 g/mol. The number of aliphatic carboxylic acids is 1. The van der Waals surface area contributed by atoms with E-state index in [4.69, 9.17) is 15.0 Å². The van der Waals surface area contributed by atoms with Gasteiger partial charge in [0.05, 0.1) is 0 Å². The highest BCUT2D eigenvalue weighted by atomic mass is 19.2. The van der Waals surface area contributed by atoms with Crippen molar-refractivity contribution in [3.63, 3.8) is 0 Å². The Morgan fingerprint density at radius 2 is 2.11 bits per heavy atom. The van der Waals surface area contributed by atoms with Crippen LogP contribution in [0.5, 0.6) is 0 Å². The lowest BCUT2D eigenvalue weighted by Crippen LogP contribution is -2.13. The Bertz CT molecular complexity index is 85.9. The van der Waals surface area contributed by atoms with Crippen LogP contribution in [-0.4, -0.2) is 29.2 Å². The number of hydrogen-bond acceptors (Lipinski definition) is 3. The minimum atomic E-state index is -1.20. The van der Waals surface area contributed by atoms with Crippen LogP contribution in [0.25, 0.3) is 0 Å². The van der Waals surface area contributed by atoms with Crippen LogP contribution < -0.4 is 5.54 Å². The Labute approximate surface area is 50.0 Å². The molecule has 9 heavy (non-hydrogen) atoms. The zero-order valence-corrected chi connectivity index (χ0v) is 4.37. The lowest BCUT2D eigenvalue weighted by atomic mass is 10.7. The molecule has 0 saturated carbocycles. The fourth-order valence-electron chi connectivity index (χ4n) is 0.0572. The van der Waals surface area contributed by atoms with Gasteiger partial charge in [-0.1, -0.05) is 0 Å². The van der Waals surface area contributed by atoms with Crippen molar-refractivity contribution in [1.82, 2.24) is 5.54 Å². The van der Waals surface area contributed by atoms with E-state index in [1.807, 2.05) is 0 Å². The summed E-state index contributed by atoms with van der Waals surface area (Å²) in [5.74, 6) is -1.20. The summed E-state index contributed by atoms with van der Waals surface area (Å²) in [4.78, 5) is 17.7. The zero-order valence-electron chi connectivity index (χ0n) is 4.37. The van der Waals surface area contributed by atoms with Gasteiger partial charge < -0.3 is 10.2 Å². The summed E-state index contributed by atoms with van der Waals surface area (Å²) in [6.45, 7) is -0.875. The van der Waals surface area contributed by atoms with E-state index in [1.54, 1.807) is 0 Å². The van der Waals surface area contributed by atoms with E-state index in [0.717, 1.165) is 5.54 Å². The molecule has 3 N–H and O–H groups in total. The average Bonchev–Trinajstić information content (AvgIpc) is 1.67. The second kappa shape index (κ2) is 9.95. The first-order valence-corrected chi connectivity index (χ1v) is 1.82. The second-order valence-corrected chi connectivity index (χ2v) is 0.810. The third kappa shape index (κ3) is 47.6. The molecule has 0 aliphatic rings. The Balaban J connectivity index is 0. The van der Waals surface area contributed by atoms with Crippen LogP contribution >= 0.6 is 0 Å². The van der Waals surface area contributed by atoms with Crippen molar-refractivity contribution in [1.29, 1.82) is 0 Å². The summed E-state index contributed by atoms with van der Waals surface area (Å²) < 4.78 is 10.6. The van der Waals surface area contributed by atoms with Crippen molar-refractivity contribution in [2.45, 2.75) is 0 Å². The van der Waals surface area contributed by atoms with E-state index < -0.39 is 12.5 Å². The van der Waals surface area contributed by atoms with Gasteiger partial charge in [0.25, 0.3) is 6.47 Å². The van der Waals surface area contributed by atoms with Crippen molar-refractivity contribution in [3.05, 3.63) is 0 Å². The molecule has 0 rings (SSSR count). The molecule has 5 nitrogen and oxygen atoms in total. The SMILES string of the molecule is O=C(O)CNF.O=CO. The molecule has 0 amide bonds. The molecule has 0 spiro atoms. The molecule has 0 aromatic carbocycles. The molecule has 0 saturated heterocycles. The molecule has 0 aliphatic carbocycles. The van der Waals surface area contributed by atoms with Crippen molar-refractivity contribution in [3.8, 4) is 0 Å². The largest absolute Gasteiger partial charge is 0.483 e. The predicted molar refractivity (Wildman–Crippen MR) is 25.4 cm³/mol. The number of hydrogen-bond donors (Lipinski definition) is 3. The molecular formula is C3H6FNO4. The molecule has 0 heterocycles. The van der Waals surface area contributed by atoms with Gasteiger partial charge in [0, 0.05) is 0 Å². The monoisotopic (exact) mass is 139 g/mol. The van der Waals surface area contributed by atoms with Crippen LogP contribution in [0.3, 0.4) is 0 Å². The normalized spacial score (nSPS) is 6.78. The lowest BCUT2D eigenvalue weighted by Gasteiger charge is -1.80. The first-order chi connectivity index (χ1) is 4.18. The third-order valence-corrected chi connectivity index (χ3v) is 0.218. The maximum atomic E-state index is 10.6. The van der Waals surface area contributed by atoms with Crippen molar-refractivity contribution in [2.24, 2.45) is 0 Å². The summed E-state index contributed by atoms with van der Waals surface area (Å²) in [6, 6.07) is 0. The van der Waals surface area contributed by atoms with Gasteiger partial charge in [0.2, 0.25) is 0 Å². The van der Waals surface area contributed by atoms with Gasteiger partial charge in [-0.3, -0.25) is 9.59 Å². The number of carboxylic acid groups (broad SMARTS) is 2. The molecule has 0 fully saturated rings. The third-order valence-electron chi connectivity index (χ3n) is 0.218. The molecule has 6 heteroatoms. The van der Waals surface area contributed by atoms with Gasteiger partial charge in [0.15, 0.2) is 0 Å². The summed E-state index contributed by atoms with van der Waals surface area (Å²) in [5, 5.41) is 14.5. The molecule has 0 bridgehead atoms. The fourth-order valence-corrected chi connectivity index (χ4v) is 0.0572. The molecule has 0 aliphatic heterocycles. The number of carboxylic acids is 1. The predicted octanol–water partition coefficient (Wildman–Crippen LogP) is -0.754. The number of nitrogens with one attached hydrogen (secondary N) is 1. The number of rotatable bonds is 2. The number of carbonyl (C=O) groups is 2. The smallest absolute Gasteiger partial charge is 0.320 e. The first-order valence-electron chi connectivity index (χ1n) is 1.82. The quantitative estimate of drug-likeness (QED) is 0.346.